The van der Waals surface area contributed by atoms with E-state index < -0.39 is 34.9 Å². The molecule has 0 spiro atoms. The van der Waals surface area contributed by atoms with Crippen molar-refractivity contribution in [2.24, 2.45) is 11.8 Å². The second kappa shape index (κ2) is 8.27. The second-order valence-corrected chi connectivity index (χ2v) is 6.55. The number of alkyl halides is 3. The standard InChI is InChI=1S/C12H18F3N5O2S/c1-6(2)4-9(10-17-19-20-18-10)16-11(22)8(12(13,14)15)5-23-7(3)21/h6,8-9H,4-5H2,1-3H3,(H,16,22)(H,17,18,19,20)/t8-,9+/m1/s1. The van der Waals surface area contributed by atoms with E-state index in [2.05, 4.69) is 25.9 Å². The molecule has 130 valence electrons. The van der Waals surface area contributed by atoms with Crippen molar-refractivity contribution < 1.29 is 22.8 Å². The Bertz CT molecular complexity index is 521. The molecular formula is C12H18F3N5O2S. The number of aromatic amines is 1. The molecular weight excluding hydrogens is 335 g/mol. The van der Waals surface area contributed by atoms with Gasteiger partial charge in [-0.15, -0.1) is 10.2 Å². The SMILES string of the molecule is CC(=O)SC[C@H](C(=O)N[C@@H](CC(C)C)c1nn[nH]n1)C(F)(F)F. The fourth-order valence-electron chi connectivity index (χ4n) is 1.81. The van der Waals surface area contributed by atoms with Crippen LogP contribution >= 0.6 is 11.8 Å². The zero-order valence-electron chi connectivity index (χ0n) is 12.8. The van der Waals surface area contributed by atoms with Gasteiger partial charge in [0.25, 0.3) is 0 Å². The number of tetrazole rings is 1. The van der Waals surface area contributed by atoms with Crippen LogP contribution in [0.2, 0.25) is 0 Å². The third kappa shape index (κ3) is 6.55. The van der Waals surface area contributed by atoms with Gasteiger partial charge in [-0.05, 0) is 12.3 Å². The molecule has 0 unspecified atom stereocenters. The number of rotatable bonds is 7. The van der Waals surface area contributed by atoms with Gasteiger partial charge in [-0.1, -0.05) is 30.8 Å². The summed E-state index contributed by atoms with van der Waals surface area (Å²) in [4.78, 5) is 22.9. The van der Waals surface area contributed by atoms with E-state index in [9.17, 15) is 22.8 Å². The van der Waals surface area contributed by atoms with Crippen molar-refractivity contribution in [2.75, 3.05) is 5.75 Å². The summed E-state index contributed by atoms with van der Waals surface area (Å²) in [6.07, 6.45) is -4.39. The molecule has 0 radical (unpaired) electrons. The van der Waals surface area contributed by atoms with E-state index in [1.54, 1.807) is 0 Å². The van der Waals surface area contributed by atoms with Gasteiger partial charge in [0.05, 0.1) is 6.04 Å². The molecule has 2 N–H and O–H groups in total. The van der Waals surface area contributed by atoms with Gasteiger partial charge in [-0.3, -0.25) is 9.59 Å². The summed E-state index contributed by atoms with van der Waals surface area (Å²) in [7, 11) is 0. The Morgan fingerprint density at radius 2 is 2.00 bits per heavy atom. The summed E-state index contributed by atoms with van der Waals surface area (Å²) in [5.41, 5.74) is 0. The summed E-state index contributed by atoms with van der Waals surface area (Å²) in [6.45, 7) is 4.86. The molecule has 1 aromatic rings. The van der Waals surface area contributed by atoms with Crippen molar-refractivity contribution >= 4 is 22.8 Å². The molecule has 11 heteroatoms. The molecule has 0 bridgehead atoms. The lowest BCUT2D eigenvalue weighted by Gasteiger charge is -2.23. The summed E-state index contributed by atoms with van der Waals surface area (Å²) in [5.74, 6) is -3.94. The molecule has 7 nitrogen and oxygen atoms in total. The van der Waals surface area contributed by atoms with Crippen LogP contribution in [0.1, 0.15) is 39.1 Å². The number of nitrogens with zero attached hydrogens (tertiary/aromatic N) is 3. The number of amides is 1. The zero-order valence-corrected chi connectivity index (χ0v) is 13.7. The number of thioether (sulfide) groups is 1. The van der Waals surface area contributed by atoms with Crippen LogP contribution in [0, 0.1) is 11.8 Å². The minimum absolute atomic E-state index is 0.0923. The van der Waals surface area contributed by atoms with Crippen LogP contribution in [-0.4, -0.2) is 43.6 Å². The molecule has 23 heavy (non-hydrogen) atoms. The maximum Gasteiger partial charge on any atom is 0.401 e. The highest BCUT2D eigenvalue weighted by molar-refractivity contribution is 8.13. The maximum atomic E-state index is 13.0. The number of H-pyrrole nitrogens is 1. The number of hydrogen-bond acceptors (Lipinski definition) is 6. The Kier molecular flexibility index (Phi) is 6.98. The molecule has 1 heterocycles. The van der Waals surface area contributed by atoms with Crippen LogP contribution in [-0.2, 0) is 9.59 Å². The highest BCUT2D eigenvalue weighted by Crippen LogP contribution is 2.30. The van der Waals surface area contributed by atoms with E-state index in [0.717, 1.165) is 6.92 Å². The number of halogens is 3. The van der Waals surface area contributed by atoms with E-state index in [-0.39, 0.29) is 11.7 Å². The first-order valence-corrected chi connectivity index (χ1v) is 7.83. The Morgan fingerprint density at radius 3 is 2.43 bits per heavy atom. The highest BCUT2D eigenvalue weighted by atomic mass is 32.2. The first-order chi connectivity index (χ1) is 10.6. The van der Waals surface area contributed by atoms with Crippen molar-refractivity contribution in [1.82, 2.24) is 25.9 Å². The molecule has 1 aromatic heterocycles. The molecule has 0 aromatic carbocycles. The average molecular weight is 353 g/mol. The minimum atomic E-state index is -4.74. The average Bonchev–Trinajstić information content (AvgIpc) is 2.89. The molecule has 1 rings (SSSR count). The predicted octanol–water partition coefficient (Wildman–Crippen LogP) is 1.86. The quantitative estimate of drug-likeness (QED) is 0.776. The Hall–Kier alpha value is -1.65. The summed E-state index contributed by atoms with van der Waals surface area (Å²) in [5, 5.41) is 14.8. The van der Waals surface area contributed by atoms with Gasteiger partial charge in [0.15, 0.2) is 10.9 Å². The summed E-state index contributed by atoms with van der Waals surface area (Å²) < 4.78 is 39.1. The molecule has 0 saturated heterocycles. The van der Waals surface area contributed by atoms with Crippen LogP contribution in [0.15, 0.2) is 0 Å². The first-order valence-electron chi connectivity index (χ1n) is 6.85. The van der Waals surface area contributed by atoms with Crippen molar-refractivity contribution in [1.29, 1.82) is 0 Å². The molecule has 0 aliphatic heterocycles. The molecule has 0 aliphatic rings. The van der Waals surface area contributed by atoms with Crippen LogP contribution < -0.4 is 5.32 Å². The zero-order chi connectivity index (χ0) is 17.6. The van der Waals surface area contributed by atoms with E-state index in [1.807, 2.05) is 13.8 Å². The summed E-state index contributed by atoms with van der Waals surface area (Å²) >= 11 is 0.464. The fraction of sp³-hybridized carbons (Fsp3) is 0.750. The van der Waals surface area contributed by atoms with Gasteiger partial charge in [-0.2, -0.15) is 18.4 Å². The van der Waals surface area contributed by atoms with Crippen LogP contribution in [0.3, 0.4) is 0 Å². The third-order valence-electron chi connectivity index (χ3n) is 2.86. The van der Waals surface area contributed by atoms with Gasteiger partial charge in [-0.25, -0.2) is 0 Å². The smallest absolute Gasteiger partial charge is 0.345 e. The second-order valence-electron chi connectivity index (χ2n) is 5.36. The van der Waals surface area contributed by atoms with E-state index in [0.29, 0.717) is 18.2 Å². The van der Waals surface area contributed by atoms with Crippen molar-refractivity contribution in [3.8, 4) is 0 Å². The van der Waals surface area contributed by atoms with Gasteiger partial charge >= 0.3 is 6.18 Å². The van der Waals surface area contributed by atoms with Gasteiger partial charge < -0.3 is 5.32 Å². The Morgan fingerprint density at radius 1 is 1.35 bits per heavy atom. The number of hydrogen-bond donors (Lipinski definition) is 2. The Labute approximate surface area is 135 Å². The topological polar surface area (TPSA) is 101 Å². The van der Waals surface area contributed by atoms with Crippen molar-refractivity contribution in [3.63, 3.8) is 0 Å². The molecule has 2 atom stereocenters. The fourth-order valence-corrected chi connectivity index (χ4v) is 2.55. The normalized spacial score (nSPS) is 14.6. The van der Waals surface area contributed by atoms with E-state index >= 15 is 0 Å². The minimum Gasteiger partial charge on any atom is -0.345 e. The number of carbonyl (C=O) groups excluding carboxylic acids is 2. The van der Waals surface area contributed by atoms with E-state index in [4.69, 9.17) is 0 Å². The number of carbonyl (C=O) groups is 2. The molecule has 0 aliphatic carbocycles. The predicted molar refractivity (Wildman–Crippen MR) is 77.2 cm³/mol. The lowest BCUT2D eigenvalue weighted by molar-refractivity contribution is -0.178. The number of nitrogens with one attached hydrogen (secondary N) is 2. The van der Waals surface area contributed by atoms with Crippen LogP contribution in [0.25, 0.3) is 0 Å². The highest BCUT2D eigenvalue weighted by Gasteiger charge is 2.45. The lowest BCUT2D eigenvalue weighted by atomic mass is 10.0. The molecule has 1 amide bonds. The molecule has 0 fully saturated rings. The summed E-state index contributed by atoms with van der Waals surface area (Å²) in [6, 6.07) is -0.784. The first kappa shape index (κ1) is 19.4. The van der Waals surface area contributed by atoms with Gasteiger partial charge in [0.1, 0.15) is 5.92 Å². The number of aromatic nitrogens is 4. The van der Waals surface area contributed by atoms with E-state index in [1.165, 1.54) is 0 Å². The van der Waals surface area contributed by atoms with Crippen LogP contribution in [0.5, 0.6) is 0 Å². The van der Waals surface area contributed by atoms with Crippen LogP contribution in [0.4, 0.5) is 13.2 Å². The molecule has 0 saturated carbocycles. The Balaban J connectivity index is 2.86. The largest absolute Gasteiger partial charge is 0.401 e. The van der Waals surface area contributed by atoms with Gasteiger partial charge in [0.2, 0.25) is 5.91 Å². The van der Waals surface area contributed by atoms with Crippen molar-refractivity contribution in [3.05, 3.63) is 5.82 Å². The van der Waals surface area contributed by atoms with Gasteiger partial charge in [0, 0.05) is 12.7 Å². The third-order valence-corrected chi connectivity index (χ3v) is 3.77. The van der Waals surface area contributed by atoms with Crippen molar-refractivity contribution in [2.45, 2.75) is 39.4 Å². The lowest BCUT2D eigenvalue weighted by Crippen LogP contribution is -2.43. The maximum absolute atomic E-state index is 13.0. The monoisotopic (exact) mass is 353 g/mol.